The number of aromatic carboxylic acids is 1. The Bertz CT molecular complexity index is 750. The first-order chi connectivity index (χ1) is 8.65. The van der Waals surface area contributed by atoms with E-state index in [0.717, 1.165) is 0 Å². The smallest absolute Gasteiger partial charge is 0.355 e. The Balaban J connectivity index is 2.16. The minimum absolute atomic E-state index is 0.00735. The van der Waals surface area contributed by atoms with Gasteiger partial charge in [0.15, 0.2) is 5.69 Å². The van der Waals surface area contributed by atoms with E-state index in [1.807, 2.05) is 0 Å². The monoisotopic (exact) mass is 263 g/mol. The molecule has 0 fully saturated rings. The van der Waals surface area contributed by atoms with Gasteiger partial charge in [-0.1, -0.05) is 0 Å². The lowest BCUT2D eigenvalue weighted by Crippen LogP contribution is -1.96. The number of carboxylic acid groups (broad SMARTS) is 1. The number of hydrogen-bond donors (Lipinski definition) is 1. The molecule has 0 aromatic carbocycles. The Morgan fingerprint density at radius 3 is 3.06 bits per heavy atom. The Labute approximate surface area is 104 Å². The number of imidazole rings is 1. The van der Waals surface area contributed by atoms with E-state index in [1.165, 1.54) is 35.0 Å². The molecule has 7 heteroatoms. The molecule has 0 atom stereocenters. The highest BCUT2D eigenvalue weighted by Gasteiger charge is 2.13. The Kier molecular flexibility index (Phi) is 2.34. The topological polar surface area (TPSA) is 67.5 Å². The standard InChI is InChI=1S/C11H6FN3O2S/c12-6-1-2-15-8(4-13-9(15)3-6)10-14-7(5-18-10)11(16)17/h1-5H,(H,16,17). The van der Waals surface area contributed by atoms with Crippen LogP contribution in [-0.4, -0.2) is 25.4 Å². The number of nitrogens with zero attached hydrogens (tertiary/aromatic N) is 3. The maximum absolute atomic E-state index is 13.0. The molecule has 3 aromatic heterocycles. The molecule has 0 aliphatic rings. The van der Waals surface area contributed by atoms with Gasteiger partial charge in [0.25, 0.3) is 0 Å². The third-order valence-corrected chi connectivity index (χ3v) is 3.28. The molecular formula is C11H6FN3O2S. The van der Waals surface area contributed by atoms with Gasteiger partial charge in [0, 0.05) is 17.6 Å². The number of rotatable bonds is 2. The van der Waals surface area contributed by atoms with Crippen molar-refractivity contribution >= 4 is 23.0 Å². The van der Waals surface area contributed by atoms with Crippen molar-refractivity contribution in [2.75, 3.05) is 0 Å². The molecule has 90 valence electrons. The zero-order valence-corrected chi connectivity index (χ0v) is 9.69. The van der Waals surface area contributed by atoms with Gasteiger partial charge in [-0.2, -0.15) is 0 Å². The maximum atomic E-state index is 13.0. The van der Waals surface area contributed by atoms with Crippen molar-refractivity contribution in [3.8, 4) is 10.7 Å². The quantitative estimate of drug-likeness (QED) is 0.770. The summed E-state index contributed by atoms with van der Waals surface area (Å²) in [6, 6.07) is 2.61. The molecule has 0 saturated heterocycles. The lowest BCUT2D eigenvalue weighted by atomic mass is 10.4. The summed E-state index contributed by atoms with van der Waals surface area (Å²) in [5.41, 5.74) is 1.09. The van der Waals surface area contributed by atoms with Gasteiger partial charge in [0.1, 0.15) is 22.2 Å². The number of carbonyl (C=O) groups is 1. The van der Waals surface area contributed by atoms with Gasteiger partial charge in [-0.05, 0) is 6.07 Å². The molecule has 0 aliphatic heterocycles. The van der Waals surface area contributed by atoms with E-state index in [-0.39, 0.29) is 11.5 Å². The summed E-state index contributed by atoms with van der Waals surface area (Å²) < 4.78 is 14.7. The normalized spacial score (nSPS) is 10.9. The third kappa shape index (κ3) is 1.65. The van der Waals surface area contributed by atoms with Gasteiger partial charge >= 0.3 is 5.97 Å². The first-order valence-electron chi connectivity index (χ1n) is 4.97. The second-order valence-corrected chi connectivity index (χ2v) is 4.42. The summed E-state index contributed by atoms with van der Waals surface area (Å²) in [6.45, 7) is 0. The van der Waals surface area contributed by atoms with Crippen LogP contribution in [0.15, 0.2) is 29.9 Å². The molecular weight excluding hydrogens is 257 g/mol. The van der Waals surface area contributed by atoms with Crippen LogP contribution in [-0.2, 0) is 0 Å². The van der Waals surface area contributed by atoms with E-state index in [0.29, 0.717) is 16.3 Å². The zero-order valence-electron chi connectivity index (χ0n) is 8.87. The fourth-order valence-corrected chi connectivity index (χ4v) is 2.40. The molecule has 3 heterocycles. The van der Waals surface area contributed by atoms with Crippen molar-refractivity contribution < 1.29 is 14.3 Å². The molecule has 0 aliphatic carbocycles. The van der Waals surface area contributed by atoms with Crippen LogP contribution >= 0.6 is 11.3 Å². The van der Waals surface area contributed by atoms with Gasteiger partial charge < -0.3 is 5.11 Å². The van der Waals surface area contributed by atoms with Crippen molar-refractivity contribution in [2.24, 2.45) is 0 Å². The maximum Gasteiger partial charge on any atom is 0.355 e. The van der Waals surface area contributed by atoms with Crippen molar-refractivity contribution in [2.45, 2.75) is 0 Å². The molecule has 0 unspecified atom stereocenters. The second-order valence-electron chi connectivity index (χ2n) is 3.56. The second kappa shape index (κ2) is 3.88. The summed E-state index contributed by atoms with van der Waals surface area (Å²) in [5, 5.41) is 10.8. The van der Waals surface area contributed by atoms with E-state index < -0.39 is 5.97 Å². The first-order valence-corrected chi connectivity index (χ1v) is 5.85. The van der Waals surface area contributed by atoms with E-state index >= 15 is 0 Å². The van der Waals surface area contributed by atoms with E-state index in [2.05, 4.69) is 9.97 Å². The molecule has 0 bridgehead atoms. The van der Waals surface area contributed by atoms with Crippen LogP contribution in [0.2, 0.25) is 0 Å². The lowest BCUT2D eigenvalue weighted by molar-refractivity contribution is 0.0691. The van der Waals surface area contributed by atoms with Crippen molar-refractivity contribution in [1.82, 2.24) is 14.4 Å². The predicted octanol–water partition coefficient (Wildman–Crippen LogP) is 2.30. The van der Waals surface area contributed by atoms with Crippen molar-refractivity contribution in [1.29, 1.82) is 0 Å². The number of halogens is 1. The summed E-state index contributed by atoms with van der Waals surface area (Å²) in [5.74, 6) is -1.44. The zero-order chi connectivity index (χ0) is 12.7. The highest BCUT2D eigenvalue weighted by atomic mass is 32.1. The van der Waals surface area contributed by atoms with Gasteiger partial charge in [0.05, 0.1) is 6.20 Å². The summed E-state index contributed by atoms with van der Waals surface area (Å²) in [6.07, 6.45) is 3.08. The van der Waals surface area contributed by atoms with Crippen LogP contribution in [0.25, 0.3) is 16.3 Å². The molecule has 0 radical (unpaired) electrons. The SMILES string of the molecule is O=C(O)c1csc(-c2cnc3cc(F)ccn23)n1. The highest BCUT2D eigenvalue weighted by molar-refractivity contribution is 7.13. The van der Waals surface area contributed by atoms with E-state index in [1.54, 1.807) is 10.6 Å². The van der Waals surface area contributed by atoms with Gasteiger partial charge in [-0.15, -0.1) is 11.3 Å². The fraction of sp³-hybridized carbons (Fsp3) is 0. The summed E-state index contributed by atoms with van der Waals surface area (Å²) in [7, 11) is 0. The summed E-state index contributed by atoms with van der Waals surface area (Å²) >= 11 is 1.21. The van der Waals surface area contributed by atoms with Crippen LogP contribution in [0.1, 0.15) is 10.5 Å². The predicted molar refractivity (Wildman–Crippen MR) is 63.2 cm³/mol. The minimum atomic E-state index is -1.07. The van der Waals surface area contributed by atoms with Crippen LogP contribution in [0.5, 0.6) is 0 Å². The number of pyridine rings is 1. The third-order valence-electron chi connectivity index (χ3n) is 2.42. The number of aromatic nitrogens is 3. The number of carboxylic acids is 1. The average molecular weight is 263 g/mol. The highest BCUT2D eigenvalue weighted by Crippen LogP contribution is 2.24. The molecule has 5 nitrogen and oxygen atoms in total. The van der Waals surface area contributed by atoms with Crippen molar-refractivity contribution in [3.05, 3.63) is 41.4 Å². The Morgan fingerprint density at radius 1 is 1.50 bits per heavy atom. The number of hydrogen-bond acceptors (Lipinski definition) is 4. The number of thiazole rings is 1. The molecule has 18 heavy (non-hydrogen) atoms. The van der Waals surface area contributed by atoms with Crippen LogP contribution in [0, 0.1) is 5.82 Å². The molecule has 3 aromatic rings. The Morgan fingerprint density at radius 2 is 2.33 bits per heavy atom. The number of fused-ring (bicyclic) bond motifs is 1. The molecule has 0 amide bonds. The van der Waals surface area contributed by atoms with Gasteiger partial charge in [0.2, 0.25) is 0 Å². The van der Waals surface area contributed by atoms with E-state index in [9.17, 15) is 9.18 Å². The van der Waals surface area contributed by atoms with Crippen LogP contribution < -0.4 is 0 Å². The Hall–Kier alpha value is -2.28. The average Bonchev–Trinajstić information content (AvgIpc) is 2.92. The van der Waals surface area contributed by atoms with Crippen molar-refractivity contribution in [3.63, 3.8) is 0 Å². The molecule has 3 rings (SSSR count). The first kappa shape index (κ1) is 10.8. The van der Waals surface area contributed by atoms with Gasteiger partial charge in [-0.25, -0.2) is 19.2 Å². The lowest BCUT2D eigenvalue weighted by Gasteiger charge is -1.97. The fourth-order valence-electron chi connectivity index (χ4n) is 1.60. The largest absolute Gasteiger partial charge is 0.476 e. The molecule has 0 spiro atoms. The minimum Gasteiger partial charge on any atom is -0.476 e. The summed E-state index contributed by atoms with van der Waals surface area (Å²) in [4.78, 5) is 18.8. The van der Waals surface area contributed by atoms with Crippen LogP contribution in [0.3, 0.4) is 0 Å². The van der Waals surface area contributed by atoms with E-state index in [4.69, 9.17) is 5.11 Å². The molecule has 1 N–H and O–H groups in total. The molecule has 0 saturated carbocycles. The van der Waals surface area contributed by atoms with Gasteiger partial charge in [-0.3, -0.25) is 4.40 Å². The van der Waals surface area contributed by atoms with Crippen LogP contribution in [0.4, 0.5) is 4.39 Å².